The first-order chi connectivity index (χ1) is 28.2. The molecule has 268 valence electrons. The highest BCUT2D eigenvalue weighted by atomic mass is 16.3. The maximum absolute atomic E-state index is 15.2. The number of anilines is 3. The molecular weight excluding hydrogens is 701 g/mol. The van der Waals surface area contributed by atoms with Crippen LogP contribution in [0.1, 0.15) is 0 Å². The van der Waals surface area contributed by atoms with Crippen molar-refractivity contribution in [2.75, 3.05) is 4.90 Å². The van der Waals surface area contributed by atoms with Gasteiger partial charge in [0.05, 0.1) is 45.9 Å². The van der Waals surface area contributed by atoms with Crippen molar-refractivity contribution >= 4 is 38.9 Å². The van der Waals surface area contributed by atoms with Crippen molar-refractivity contribution in [3.8, 4) is 61.8 Å². The van der Waals surface area contributed by atoms with Crippen LogP contribution in [0.2, 0.25) is 0 Å². The number of nitrogens with zero attached hydrogens (tertiary/aromatic N) is 4. The van der Waals surface area contributed by atoms with Gasteiger partial charge >= 0.3 is 0 Å². The number of fused-ring (bicyclic) bond motifs is 8. The van der Waals surface area contributed by atoms with Crippen molar-refractivity contribution < 1.29 is 4.42 Å². The number of furan rings is 1. The predicted molar refractivity (Wildman–Crippen MR) is 230 cm³/mol. The van der Waals surface area contributed by atoms with Crippen LogP contribution in [0.4, 0.5) is 17.1 Å². The van der Waals surface area contributed by atoms with Gasteiger partial charge in [0.25, 0.3) is 5.56 Å². The fourth-order valence-electron chi connectivity index (χ4n) is 8.29. The van der Waals surface area contributed by atoms with Crippen LogP contribution in [0.15, 0.2) is 204 Å². The van der Waals surface area contributed by atoms with E-state index >= 15 is 4.79 Å². The molecule has 1 aliphatic rings. The van der Waals surface area contributed by atoms with Gasteiger partial charge in [-0.15, -0.1) is 0 Å². The van der Waals surface area contributed by atoms with Gasteiger partial charge < -0.3 is 9.32 Å². The van der Waals surface area contributed by atoms with Crippen molar-refractivity contribution in [3.05, 3.63) is 205 Å². The maximum Gasteiger partial charge on any atom is 0.299 e. The minimum atomic E-state index is -0.218. The van der Waals surface area contributed by atoms with E-state index in [1.165, 1.54) is 0 Å². The molecule has 0 spiro atoms. The fraction of sp³-hybridized carbons (Fsp3) is 0. The van der Waals surface area contributed by atoms with Gasteiger partial charge in [0.1, 0.15) is 5.76 Å². The predicted octanol–water partition coefficient (Wildman–Crippen LogP) is 12.6. The molecule has 0 bridgehead atoms. The van der Waals surface area contributed by atoms with Crippen LogP contribution >= 0.6 is 0 Å². The molecule has 11 rings (SSSR count). The molecule has 6 heteroatoms. The Morgan fingerprint density at radius 1 is 0.456 bits per heavy atom. The minimum Gasteiger partial charge on any atom is -0.450 e. The Hall–Kier alpha value is -7.83. The number of benzene rings is 6. The number of hydrogen-bond acceptors (Lipinski definition) is 5. The smallest absolute Gasteiger partial charge is 0.299 e. The lowest BCUT2D eigenvalue weighted by molar-refractivity contribution is 0.624. The van der Waals surface area contributed by atoms with E-state index < -0.39 is 0 Å². The van der Waals surface area contributed by atoms with Gasteiger partial charge in [0.2, 0.25) is 5.58 Å². The van der Waals surface area contributed by atoms with Gasteiger partial charge in [-0.25, -0.2) is 0 Å². The Bertz CT molecular complexity index is 3190. The summed E-state index contributed by atoms with van der Waals surface area (Å²) < 4.78 is 8.39. The monoisotopic (exact) mass is 732 g/mol. The molecule has 0 fully saturated rings. The van der Waals surface area contributed by atoms with Gasteiger partial charge in [-0.1, -0.05) is 127 Å². The number of rotatable bonds is 4. The van der Waals surface area contributed by atoms with Crippen molar-refractivity contribution in [3.63, 3.8) is 0 Å². The molecule has 4 aromatic heterocycles. The summed E-state index contributed by atoms with van der Waals surface area (Å²) in [5.41, 5.74) is 12.8. The molecule has 0 N–H and O–H groups in total. The topological polar surface area (TPSA) is 64.2 Å². The molecule has 10 aromatic rings. The van der Waals surface area contributed by atoms with Crippen LogP contribution < -0.4 is 10.5 Å². The Kier molecular flexibility index (Phi) is 7.54. The Morgan fingerprint density at radius 3 is 1.88 bits per heavy atom. The van der Waals surface area contributed by atoms with Gasteiger partial charge in [-0.3, -0.25) is 19.3 Å². The lowest BCUT2D eigenvalue weighted by atomic mass is 9.92. The molecule has 0 saturated carbocycles. The average molecular weight is 733 g/mol. The fourth-order valence-corrected chi connectivity index (χ4v) is 8.29. The van der Waals surface area contributed by atoms with E-state index in [1.54, 1.807) is 6.20 Å². The number of para-hydroxylation sites is 3. The molecular formula is C51H32N4O2. The van der Waals surface area contributed by atoms with Crippen LogP contribution in [-0.2, 0) is 0 Å². The summed E-state index contributed by atoms with van der Waals surface area (Å²) >= 11 is 0. The molecule has 0 aliphatic carbocycles. The van der Waals surface area contributed by atoms with E-state index in [4.69, 9.17) is 9.40 Å². The van der Waals surface area contributed by atoms with E-state index in [0.29, 0.717) is 11.3 Å². The number of pyridine rings is 3. The zero-order valence-corrected chi connectivity index (χ0v) is 30.6. The highest BCUT2D eigenvalue weighted by Crippen LogP contribution is 2.49. The maximum atomic E-state index is 15.2. The highest BCUT2D eigenvalue weighted by Gasteiger charge is 2.28. The normalized spacial score (nSPS) is 11.9. The summed E-state index contributed by atoms with van der Waals surface area (Å²) in [5, 5.41) is 1.70. The standard InChI is InChI=1S/C51H32N4O2/c56-51-50-42(31-48(57-50)34-16-5-2-6-17-34)40-21-13-20-39-37-18-7-9-23-45(37)54(36-26-27-44(53-32-36)43-22-11-12-29-52-43)47-28-25-35(33-14-3-1-4-15-33)30-41(47)38-19-8-10-24-46(38)55(51)49(39)40/h1-32H. The second kappa shape index (κ2) is 13.2. The second-order valence-corrected chi connectivity index (χ2v) is 14.1. The summed E-state index contributed by atoms with van der Waals surface area (Å²) in [6.07, 6.45) is 3.71. The second-order valence-electron chi connectivity index (χ2n) is 14.1. The summed E-state index contributed by atoms with van der Waals surface area (Å²) in [5.74, 6) is 0.649. The van der Waals surface area contributed by atoms with E-state index in [9.17, 15) is 0 Å². The first kappa shape index (κ1) is 32.6. The molecule has 0 atom stereocenters. The zero-order valence-electron chi connectivity index (χ0n) is 30.6. The van der Waals surface area contributed by atoms with Crippen LogP contribution in [0.5, 0.6) is 0 Å². The van der Waals surface area contributed by atoms with E-state index in [1.807, 2.05) is 95.7 Å². The first-order valence-electron chi connectivity index (χ1n) is 18.9. The Morgan fingerprint density at radius 2 is 1.12 bits per heavy atom. The summed E-state index contributed by atoms with van der Waals surface area (Å²) in [6.45, 7) is 0. The van der Waals surface area contributed by atoms with Gasteiger partial charge in [-0.05, 0) is 65.7 Å². The van der Waals surface area contributed by atoms with E-state index in [2.05, 4.69) is 107 Å². The van der Waals surface area contributed by atoms with Crippen LogP contribution in [0.25, 0.3) is 83.7 Å². The van der Waals surface area contributed by atoms with E-state index in [-0.39, 0.29) is 5.56 Å². The van der Waals surface area contributed by atoms with Crippen molar-refractivity contribution in [1.29, 1.82) is 0 Å². The van der Waals surface area contributed by atoms with Crippen LogP contribution in [0, 0.1) is 0 Å². The molecule has 0 saturated heterocycles. The lowest BCUT2D eigenvalue weighted by Gasteiger charge is -2.32. The van der Waals surface area contributed by atoms with E-state index in [0.717, 1.165) is 89.4 Å². The first-order valence-corrected chi connectivity index (χ1v) is 18.9. The average Bonchev–Trinajstić information content (AvgIpc) is 3.75. The summed E-state index contributed by atoms with van der Waals surface area (Å²) in [6, 6.07) is 61.8. The van der Waals surface area contributed by atoms with Gasteiger partial charge in [-0.2, -0.15) is 0 Å². The van der Waals surface area contributed by atoms with Crippen molar-refractivity contribution in [2.24, 2.45) is 0 Å². The molecule has 6 nitrogen and oxygen atoms in total. The lowest BCUT2D eigenvalue weighted by Crippen LogP contribution is -2.21. The third-order valence-corrected chi connectivity index (χ3v) is 10.9. The number of hydrogen-bond donors (Lipinski definition) is 0. The van der Waals surface area contributed by atoms with Gasteiger partial charge in [0.15, 0.2) is 0 Å². The SMILES string of the molecule is O=c1c2oc(-c3ccccc3)cc2c2cccc3c2n1-c1ccccc1-c1cc(-c2ccccc2)ccc1N(c1ccc(-c2ccccn2)nc1)c1ccccc1-3. The van der Waals surface area contributed by atoms with Crippen LogP contribution in [0.3, 0.4) is 0 Å². The highest BCUT2D eigenvalue weighted by molar-refractivity contribution is 6.12. The molecule has 1 aliphatic heterocycles. The van der Waals surface area contributed by atoms with Crippen molar-refractivity contribution in [1.82, 2.24) is 14.5 Å². The largest absolute Gasteiger partial charge is 0.450 e. The third-order valence-electron chi connectivity index (χ3n) is 10.9. The molecule has 0 unspecified atom stereocenters. The molecule has 0 amide bonds. The zero-order chi connectivity index (χ0) is 37.9. The molecule has 6 aromatic carbocycles. The summed E-state index contributed by atoms with van der Waals surface area (Å²) in [7, 11) is 0. The molecule has 0 radical (unpaired) electrons. The number of aromatic nitrogens is 3. The minimum absolute atomic E-state index is 0.218. The third kappa shape index (κ3) is 5.30. The van der Waals surface area contributed by atoms with Crippen LogP contribution in [-0.4, -0.2) is 14.5 Å². The molecule has 5 heterocycles. The van der Waals surface area contributed by atoms with Gasteiger partial charge in [0, 0.05) is 44.8 Å². The Labute approximate surface area is 328 Å². The van der Waals surface area contributed by atoms with Crippen molar-refractivity contribution in [2.45, 2.75) is 0 Å². The molecule has 57 heavy (non-hydrogen) atoms. The quantitative estimate of drug-likeness (QED) is 0.180. The summed E-state index contributed by atoms with van der Waals surface area (Å²) in [4.78, 5) is 27.0. The Balaban J connectivity index is 1.27.